The highest BCUT2D eigenvalue weighted by atomic mass is 32.1. The summed E-state index contributed by atoms with van der Waals surface area (Å²) in [7, 11) is 0. The number of H-pyrrole nitrogens is 1. The zero-order valence-corrected chi connectivity index (χ0v) is 13.6. The van der Waals surface area contributed by atoms with Crippen LogP contribution in [0, 0.1) is 12.8 Å². The van der Waals surface area contributed by atoms with Crippen LogP contribution in [0.15, 0.2) is 17.6 Å². The number of carbonyl (C=O) groups excluding carboxylic acids is 1. The van der Waals surface area contributed by atoms with Crippen molar-refractivity contribution in [2.75, 3.05) is 6.54 Å². The number of amides is 1. The molecule has 1 fully saturated rings. The first kappa shape index (κ1) is 15.2. The number of aromatic nitrogens is 2. The normalized spacial score (nSPS) is 21.7. The molecule has 2 atom stereocenters. The monoisotopic (exact) mass is 318 g/mol. The minimum absolute atomic E-state index is 0.0523. The molecule has 2 aromatic rings. The second-order valence-corrected chi connectivity index (χ2v) is 6.98. The first-order valence-electron chi connectivity index (χ1n) is 7.79. The Bertz CT molecular complexity index is 648. The number of nitrogens with zero attached hydrogens (tertiary/aromatic N) is 1. The molecule has 2 aromatic heterocycles. The summed E-state index contributed by atoms with van der Waals surface area (Å²) >= 11 is 1.61. The maximum atomic E-state index is 12.4. The number of hydrogen-bond donors (Lipinski definition) is 3. The number of thiazole rings is 1. The van der Waals surface area contributed by atoms with E-state index in [0.717, 1.165) is 35.5 Å². The minimum atomic E-state index is -0.0523. The molecular formula is C16H22N4OS. The Morgan fingerprint density at radius 1 is 1.50 bits per heavy atom. The summed E-state index contributed by atoms with van der Waals surface area (Å²) in [6.07, 6.45) is 6.34. The topological polar surface area (TPSA) is 83.8 Å². The molecule has 6 heteroatoms. The van der Waals surface area contributed by atoms with Crippen molar-refractivity contribution in [3.05, 3.63) is 28.3 Å². The lowest BCUT2D eigenvalue weighted by molar-refractivity contribution is 0.0903. The van der Waals surface area contributed by atoms with Crippen molar-refractivity contribution in [2.24, 2.45) is 11.7 Å². The van der Waals surface area contributed by atoms with Gasteiger partial charge in [-0.1, -0.05) is 12.8 Å². The molecule has 4 N–H and O–H groups in total. The van der Waals surface area contributed by atoms with Gasteiger partial charge in [0.05, 0.1) is 10.7 Å². The van der Waals surface area contributed by atoms with E-state index in [-0.39, 0.29) is 11.9 Å². The maximum Gasteiger partial charge on any atom is 0.267 e. The summed E-state index contributed by atoms with van der Waals surface area (Å²) < 4.78 is 0. The first-order valence-corrected chi connectivity index (χ1v) is 8.67. The van der Waals surface area contributed by atoms with Gasteiger partial charge < -0.3 is 16.0 Å². The van der Waals surface area contributed by atoms with Crippen molar-refractivity contribution >= 4 is 17.2 Å². The van der Waals surface area contributed by atoms with Crippen molar-refractivity contribution < 1.29 is 4.79 Å². The van der Waals surface area contributed by atoms with E-state index in [4.69, 9.17) is 5.73 Å². The van der Waals surface area contributed by atoms with Crippen LogP contribution in [0.3, 0.4) is 0 Å². The third-order valence-electron chi connectivity index (χ3n) is 4.37. The molecule has 1 aliphatic rings. The van der Waals surface area contributed by atoms with E-state index in [9.17, 15) is 4.79 Å². The Kier molecular flexibility index (Phi) is 4.59. The number of nitrogens with two attached hydrogens (primary N) is 1. The summed E-state index contributed by atoms with van der Waals surface area (Å²) in [5, 5.41) is 6.17. The predicted molar refractivity (Wildman–Crippen MR) is 88.9 cm³/mol. The van der Waals surface area contributed by atoms with Crippen molar-refractivity contribution in [3.8, 4) is 11.3 Å². The van der Waals surface area contributed by atoms with Crippen molar-refractivity contribution in [1.82, 2.24) is 15.3 Å². The summed E-state index contributed by atoms with van der Waals surface area (Å²) in [6, 6.07) is 2.06. The molecule has 0 radical (unpaired) electrons. The maximum absolute atomic E-state index is 12.4. The van der Waals surface area contributed by atoms with E-state index < -0.39 is 0 Å². The number of aryl methyl sites for hydroxylation is 1. The van der Waals surface area contributed by atoms with Gasteiger partial charge in [0.15, 0.2) is 0 Å². The third kappa shape index (κ3) is 3.23. The predicted octanol–water partition coefficient (Wildman–Crippen LogP) is 2.69. The standard InChI is InChI=1S/C16H22N4OS/c1-10-19-15(9-22-10)12-6-14(18-8-12)16(21)20-13-5-3-2-4-11(13)7-17/h6,8-9,11,13,18H,2-5,7,17H2,1H3,(H,20,21). The molecule has 0 saturated heterocycles. The highest BCUT2D eigenvalue weighted by Crippen LogP contribution is 2.25. The van der Waals surface area contributed by atoms with Gasteiger partial charge in [-0.25, -0.2) is 4.98 Å². The highest BCUT2D eigenvalue weighted by Gasteiger charge is 2.26. The molecular weight excluding hydrogens is 296 g/mol. The fourth-order valence-electron chi connectivity index (χ4n) is 3.10. The first-order chi connectivity index (χ1) is 10.7. The van der Waals surface area contributed by atoms with Gasteiger partial charge in [-0.2, -0.15) is 0 Å². The molecule has 1 amide bonds. The Morgan fingerprint density at radius 2 is 2.32 bits per heavy atom. The van der Waals surface area contributed by atoms with Crippen LogP contribution >= 0.6 is 11.3 Å². The Hall–Kier alpha value is -1.66. The van der Waals surface area contributed by atoms with E-state index in [2.05, 4.69) is 15.3 Å². The lowest BCUT2D eigenvalue weighted by atomic mass is 9.84. The smallest absolute Gasteiger partial charge is 0.267 e. The Morgan fingerprint density at radius 3 is 3.05 bits per heavy atom. The fourth-order valence-corrected chi connectivity index (χ4v) is 3.72. The Balaban J connectivity index is 1.69. The summed E-state index contributed by atoms with van der Waals surface area (Å²) in [4.78, 5) is 19.9. The number of rotatable bonds is 4. The fraction of sp³-hybridized carbons (Fsp3) is 0.500. The molecule has 2 heterocycles. The average Bonchev–Trinajstić information content (AvgIpc) is 3.16. The Labute approximate surface area is 134 Å². The number of hydrogen-bond acceptors (Lipinski definition) is 4. The summed E-state index contributed by atoms with van der Waals surface area (Å²) in [5.41, 5.74) is 8.27. The van der Waals surface area contributed by atoms with Crippen LogP contribution in [-0.2, 0) is 0 Å². The van der Waals surface area contributed by atoms with Gasteiger partial charge >= 0.3 is 0 Å². The van der Waals surface area contributed by atoms with E-state index in [1.807, 2.05) is 24.6 Å². The largest absolute Gasteiger partial charge is 0.357 e. The molecule has 2 unspecified atom stereocenters. The zero-order chi connectivity index (χ0) is 15.5. The zero-order valence-electron chi connectivity index (χ0n) is 12.8. The third-order valence-corrected chi connectivity index (χ3v) is 5.14. The quantitative estimate of drug-likeness (QED) is 0.810. The van der Waals surface area contributed by atoms with Crippen LogP contribution in [0.25, 0.3) is 11.3 Å². The SMILES string of the molecule is Cc1nc(-c2c[nH]c(C(=O)NC3CCCCC3CN)c2)cs1. The van der Waals surface area contributed by atoms with Gasteiger partial charge in [-0.15, -0.1) is 11.3 Å². The number of carbonyl (C=O) groups is 1. The number of nitrogens with one attached hydrogen (secondary N) is 2. The molecule has 3 rings (SSSR count). The van der Waals surface area contributed by atoms with Gasteiger partial charge in [0.25, 0.3) is 5.91 Å². The molecule has 0 bridgehead atoms. The van der Waals surface area contributed by atoms with Crippen molar-refractivity contribution in [3.63, 3.8) is 0 Å². The van der Waals surface area contributed by atoms with Crippen molar-refractivity contribution in [1.29, 1.82) is 0 Å². The van der Waals surface area contributed by atoms with Crippen molar-refractivity contribution in [2.45, 2.75) is 38.6 Å². The second kappa shape index (κ2) is 6.62. The van der Waals surface area contributed by atoms with E-state index in [1.165, 1.54) is 6.42 Å². The van der Waals surface area contributed by atoms with Crippen LogP contribution in [-0.4, -0.2) is 28.5 Å². The van der Waals surface area contributed by atoms with Crippen LogP contribution in [0.4, 0.5) is 0 Å². The number of aromatic amines is 1. The molecule has 0 aliphatic heterocycles. The molecule has 5 nitrogen and oxygen atoms in total. The van der Waals surface area contributed by atoms with Crippen LogP contribution in [0.2, 0.25) is 0 Å². The lowest BCUT2D eigenvalue weighted by Crippen LogP contribution is -2.44. The van der Waals surface area contributed by atoms with Crippen LogP contribution < -0.4 is 11.1 Å². The minimum Gasteiger partial charge on any atom is -0.357 e. The molecule has 0 spiro atoms. The summed E-state index contributed by atoms with van der Waals surface area (Å²) in [5.74, 6) is 0.344. The second-order valence-electron chi connectivity index (χ2n) is 5.91. The molecule has 0 aromatic carbocycles. The lowest BCUT2D eigenvalue weighted by Gasteiger charge is -2.31. The van der Waals surface area contributed by atoms with Gasteiger partial charge in [-0.05, 0) is 38.3 Å². The van der Waals surface area contributed by atoms with Gasteiger partial charge in [0.2, 0.25) is 0 Å². The van der Waals surface area contributed by atoms with Crippen LogP contribution in [0.1, 0.15) is 41.2 Å². The van der Waals surface area contributed by atoms with E-state index in [1.54, 1.807) is 11.3 Å². The molecule has 1 aliphatic carbocycles. The molecule has 1 saturated carbocycles. The van der Waals surface area contributed by atoms with Crippen LogP contribution in [0.5, 0.6) is 0 Å². The van der Waals surface area contributed by atoms with E-state index >= 15 is 0 Å². The van der Waals surface area contributed by atoms with E-state index in [0.29, 0.717) is 18.2 Å². The van der Waals surface area contributed by atoms with Gasteiger partial charge in [0, 0.05) is 23.2 Å². The molecule has 22 heavy (non-hydrogen) atoms. The highest BCUT2D eigenvalue weighted by molar-refractivity contribution is 7.09. The summed E-state index contributed by atoms with van der Waals surface area (Å²) in [6.45, 7) is 2.61. The average molecular weight is 318 g/mol. The van der Waals surface area contributed by atoms with Gasteiger partial charge in [0.1, 0.15) is 5.69 Å². The molecule has 118 valence electrons. The van der Waals surface area contributed by atoms with Gasteiger partial charge in [-0.3, -0.25) is 4.79 Å².